The van der Waals surface area contributed by atoms with Crippen molar-refractivity contribution in [2.45, 2.75) is 31.2 Å². The molecule has 1 heterocycles. The molecular weight excluding hydrogens is 420 g/mol. The number of hydrogen-bond donors (Lipinski definition) is 1. The summed E-state index contributed by atoms with van der Waals surface area (Å²) in [5.41, 5.74) is 1.85. The third kappa shape index (κ3) is 6.03. The van der Waals surface area contributed by atoms with Gasteiger partial charge in [0.25, 0.3) is 15.9 Å². The average Bonchev–Trinajstić information content (AvgIpc) is 3.25. The van der Waals surface area contributed by atoms with Gasteiger partial charge in [0.15, 0.2) is 6.10 Å². The lowest BCUT2D eigenvalue weighted by molar-refractivity contribution is -0.141. The van der Waals surface area contributed by atoms with E-state index in [-0.39, 0.29) is 5.76 Å². The van der Waals surface area contributed by atoms with Crippen molar-refractivity contribution in [1.29, 1.82) is 0 Å². The van der Waals surface area contributed by atoms with E-state index in [1.165, 1.54) is 6.92 Å². The second kappa shape index (κ2) is 9.59. The maximum Gasteiger partial charge on any atom is 0.375 e. The minimum absolute atomic E-state index is 0.326. The first kappa shape index (κ1) is 22.3. The van der Waals surface area contributed by atoms with Gasteiger partial charge in [0.1, 0.15) is 0 Å². The Bertz CT molecular complexity index is 1100. The first-order valence-electron chi connectivity index (χ1n) is 9.44. The molecule has 0 spiro atoms. The van der Waals surface area contributed by atoms with Crippen LogP contribution in [0, 0.1) is 0 Å². The van der Waals surface area contributed by atoms with Crippen LogP contribution in [-0.2, 0) is 32.6 Å². The number of sulfonamides is 1. The van der Waals surface area contributed by atoms with Gasteiger partial charge in [-0.2, -0.15) is 0 Å². The van der Waals surface area contributed by atoms with Crippen molar-refractivity contribution in [3.8, 4) is 0 Å². The molecule has 0 radical (unpaired) electrons. The highest BCUT2D eigenvalue weighted by atomic mass is 32.2. The molecule has 0 fully saturated rings. The second-order valence-corrected chi connectivity index (χ2v) is 8.37. The Morgan fingerprint density at radius 3 is 1.90 bits per heavy atom. The van der Waals surface area contributed by atoms with Gasteiger partial charge in [0.2, 0.25) is 10.9 Å². The molecule has 0 aliphatic rings. The molecule has 0 saturated heterocycles. The van der Waals surface area contributed by atoms with E-state index in [0.29, 0.717) is 13.1 Å². The van der Waals surface area contributed by atoms with Gasteiger partial charge in [-0.25, -0.2) is 18.4 Å². The number of nitrogens with two attached hydrogens (primary N) is 1. The molecule has 2 N–H and O–H groups in total. The summed E-state index contributed by atoms with van der Waals surface area (Å²) < 4.78 is 32.8. The Labute approximate surface area is 180 Å². The number of rotatable bonds is 8. The number of carbonyl (C=O) groups excluding carboxylic acids is 2. The number of benzene rings is 2. The van der Waals surface area contributed by atoms with E-state index < -0.39 is 33.1 Å². The molecule has 9 heteroatoms. The quantitative estimate of drug-likeness (QED) is 0.536. The van der Waals surface area contributed by atoms with Crippen molar-refractivity contribution in [1.82, 2.24) is 4.90 Å². The number of esters is 1. The summed E-state index contributed by atoms with van der Waals surface area (Å²) in [6, 6.07) is 21.1. The van der Waals surface area contributed by atoms with Crippen molar-refractivity contribution in [2.24, 2.45) is 5.14 Å². The van der Waals surface area contributed by atoms with Crippen molar-refractivity contribution in [2.75, 3.05) is 0 Å². The number of furan rings is 1. The zero-order valence-corrected chi connectivity index (χ0v) is 17.6. The smallest absolute Gasteiger partial charge is 0.375 e. The maximum atomic E-state index is 13.1. The maximum absolute atomic E-state index is 13.1. The Morgan fingerprint density at radius 1 is 0.935 bits per heavy atom. The van der Waals surface area contributed by atoms with Crippen LogP contribution in [0.25, 0.3) is 0 Å². The van der Waals surface area contributed by atoms with E-state index in [0.717, 1.165) is 23.3 Å². The van der Waals surface area contributed by atoms with Gasteiger partial charge in [-0.3, -0.25) is 4.79 Å². The van der Waals surface area contributed by atoms with Crippen LogP contribution in [0.3, 0.4) is 0 Å². The largest absolute Gasteiger partial charge is 0.447 e. The fourth-order valence-electron chi connectivity index (χ4n) is 2.93. The highest BCUT2D eigenvalue weighted by Gasteiger charge is 2.27. The predicted octanol–water partition coefficient (Wildman–Crippen LogP) is 2.70. The fraction of sp³-hybridized carbons (Fsp3) is 0.182. The summed E-state index contributed by atoms with van der Waals surface area (Å²) in [7, 11) is -4.09. The topological polar surface area (TPSA) is 120 Å². The van der Waals surface area contributed by atoms with E-state index in [9.17, 15) is 18.0 Å². The molecule has 1 aromatic heterocycles. The van der Waals surface area contributed by atoms with E-state index in [1.54, 1.807) is 4.90 Å². The molecule has 3 rings (SSSR count). The van der Waals surface area contributed by atoms with Crippen molar-refractivity contribution >= 4 is 21.9 Å². The van der Waals surface area contributed by atoms with Crippen LogP contribution < -0.4 is 5.14 Å². The van der Waals surface area contributed by atoms with Crippen LogP contribution in [0.4, 0.5) is 0 Å². The number of ether oxygens (including phenoxy) is 1. The number of primary sulfonamides is 1. The van der Waals surface area contributed by atoms with E-state index in [1.807, 2.05) is 60.7 Å². The average molecular weight is 442 g/mol. The van der Waals surface area contributed by atoms with Gasteiger partial charge in [-0.05, 0) is 30.2 Å². The first-order chi connectivity index (χ1) is 14.7. The van der Waals surface area contributed by atoms with Crippen molar-refractivity contribution in [3.63, 3.8) is 0 Å². The first-order valence-corrected chi connectivity index (χ1v) is 11.0. The molecule has 0 aliphatic heterocycles. The number of hydrogen-bond acceptors (Lipinski definition) is 6. The summed E-state index contributed by atoms with van der Waals surface area (Å²) >= 11 is 0. The van der Waals surface area contributed by atoms with E-state index >= 15 is 0 Å². The Morgan fingerprint density at radius 2 is 1.45 bits per heavy atom. The van der Waals surface area contributed by atoms with Gasteiger partial charge in [-0.15, -0.1) is 0 Å². The van der Waals surface area contributed by atoms with Crippen LogP contribution in [0.1, 0.15) is 28.6 Å². The van der Waals surface area contributed by atoms with E-state index in [4.69, 9.17) is 14.3 Å². The molecule has 1 amide bonds. The molecule has 0 saturated carbocycles. The van der Waals surface area contributed by atoms with E-state index in [2.05, 4.69) is 0 Å². The lowest BCUT2D eigenvalue weighted by Gasteiger charge is -2.26. The summed E-state index contributed by atoms with van der Waals surface area (Å²) in [5, 5.41) is 4.41. The molecular formula is C22H22N2O6S. The Balaban J connectivity index is 1.74. The van der Waals surface area contributed by atoms with Gasteiger partial charge in [0, 0.05) is 13.1 Å². The number of amides is 1. The molecule has 3 aromatic rings. The highest BCUT2D eigenvalue weighted by molar-refractivity contribution is 7.89. The molecule has 0 bridgehead atoms. The van der Waals surface area contributed by atoms with Crippen molar-refractivity contribution in [3.05, 3.63) is 89.7 Å². The predicted molar refractivity (Wildman–Crippen MR) is 112 cm³/mol. The summed E-state index contributed by atoms with van der Waals surface area (Å²) in [4.78, 5) is 27.0. The Kier molecular flexibility index (Phi) is 6.88. The molecule has 31 heavy (non-hydrogen) atoms. The zero-order valence-electron chi connectivity index (χ0n) is 16.8. The van der Waals surface area contributed by atoms with Crippen LogP contribution in [0.15, 0.2) is 82.3 Å². The third-order valence-electron chi connectivity index (χ3n) is 4.44. The zero-order chi connectivity index (χ0) is 22.4. The normalized spacial score (nSPS) is 12.2. The lowest BCUT2D eigenvalue weighted by atomic mass is 10.1. The standard InChI is InChI=1S/C22H22N2O6S/c1-16(29-22(26)19-12-13-20(30-19)31(23,27)28)21(25)24(14-17-8-4-2-5-9-17)15-18-10-6-3-7-11-18/h2-13,16H,14-15H2,1H3,(H2,23,27,28). The Hall–Kier alpha value is -3.43. The summed E-state index contributed by atoms with van der Waals surface area (Å²) in [6.45, 7) is 2.10. The van der Waals surface area contributed by atoms with Crippen LogP contribution >= 0.6 is 0 Å². The fourth-order valence-corrected chi connectivity index (χ4v) is 3.39. The molecule has 1 atom stereocenters. The molecule has 2 aromatic carbocycles. The second-order valence-electron chi connectivity index (χ2n) is 6.88. The number of carbonyl (C=O) groups is 2. The molecule has 1 unspecified atom stereocenters. The minimum atomic E-state index is -4.09. The van der Waals surface area contributed by atoms with Gasteiger partial charge in [-0.1, -0.05) is 60.7 Å². The van der Waals surface area contributed by atoms with Crippen molar-refractivity contribution < 1.29 is 27.2 Å². The summed E-state index contributed by atoms with van der Waals surface area (Å²) in [5.74, 6) is -1.73. The van der Waals surface area contributed by atoms with Gasteiger partial charge >= 0.3 is 5.97 Å². The number of nitrogens with zero attached hydrogens (tertiary/aromatic N) is 1. The van der Waals surface area contributed by atoms with Gasteiger partial charge in [0.05, 0.1) is 0 Å². The molecule has 162 valence electrons. The summed E-state index contributed by atoms with van der Waals surface area (Å²) in [6.07, 6.45) is -1.12. The molecule has 0 aliphatic carbocycles. The van der Waals surface area contributed by atoms with Gasteiger partial charge < -0.3 is 14.1 Å². The third-order valence-corrected chi connectivity index (χ3v) is 5.22. The minimum Gasteiger partial charge on any atom is -0.447 e. The SMILES string of the molecule is CC(OC(=O)c1ccc(S(N)(=O)=O)o1)C(=O)N(Cc1ccccc1)Cc1ccccc1. The van der Waals surface area contributed by atoms with Crippen LogP contribution in [-0.4, -0.2) is 31.3 Å². The highest BCUT2D eigenvalue weighted by Crippen LogP contribution is 2.16. The monoisotopic (exact) mass is 442 g/mol. The molecule has 8 nitrogen and oxygen atoms in total. The lowest BCUT2D eigenvalue weighted by Crippen LogP contribution is -2.39. The van der Waals surface area contributed by atoms with Crippen LogP contribution in [0.5, 0.6) is 0 Å². The van der Waals surface area contributed by atoms with Crippen LogP contribution in [0.2, 0.25) is 0 Å².